The molecule has 0 saturated heterocycles. The highest BCUT2D eigenvalue weighted by molar-refractivity contribution is 5.51. The third-order valence-corrected chi connectivity index (χ3v) is 3.82. The van der Waals surface area contributed by atoms with Crippen LogP contribution in [0.3, 0.4) is 0 Å². The van der Waals surface area contributed by atoms with Gasteiger partial charge in [0.2, 0.25) is 6.79 Å². The third-order valence-electron chi connectivity index (χ3n) is 3.82. The standard InChI is InChI=1S/C15H21NO3/c1-2-16-8-12-6-14-15(19-10-18-14)7-13(12)17-9-11-4-3-5-11/h6-7,11,16H,2-5,8-10H2,1H3. The Bertz CT molecular complexity index is 443. The minimum atomic E-state index is 0.308. The van der Waals surface area contributed by atoms with Gasteiger partial charge in [-0.15, -0.1) is 0 Å². The van der Waals surface area contributed by atoms with Crippen molar-refractivity contribution in [3.05, 3.63) is 17.7 Å². The monoisotopic (exact) mass is 263 g/mol. The molecule has 0 atom stereocenters. The van der Waals surface area contributed by atoms with Crippen LogP contribution in [0.15, 0.2) is 12.1 Å². The number of fused-ring (bicyclic) bond motifs is 1. The number of hydrogen-bond donors (Lipinski definition) is 1. The fourth-order valence-electron chi connectivity index (χ4n) is 2.36. The average Bonchev–Trinajstić information content (AvgIpc) is 2.81. The van der Waals surface area contributed by atoms with Crippen molar-refractivity contribution in [3.63, 3.8) is 0 Å². The zero-order valence-electron chi connectivity index (χ0n) is 11.4. The van der Waals surface area contributed by atoms with E-state index in [0.717, 1.165) is 48.4 Å². The summed E-state index contributed by atoms with van der Waals surface area (Å²) in [6.45, 7) is 4.96. The van der Waals surface area contributed by atoms with Crippen molar-refractivity contribution in [2.75, 3.05) is 19.9 Å². The lowest BCUT2D eigenvalue weighted by molar-refractivity contribution is 0.172. The molecule has 2 aliphatic rings. The Kier molecular flexibility index (Phi) is 3.78. The molecule has 1 saturated carbocycles. The van der Waals surface area contributed by atoms with Crippen LogP contribution in [0.2, 0.25) is 0 Å². The van der Waals surface area contributed by atoms with Gasteiger partial charge >= 0.3 is 0 Å². The van der Waals surface area contributed by atoms with E-state index < -0.39 is 0 Å². The van der Waals surface area contributed by atoms with Crippen LogP contribution in [0.25, 0.3) is 0 Å². The lowest BCUT2D eigenvalue weighted by Gasteiger charge is -2.25. The predicted octanol–water partition coefficient (Wildman–Crippen LogP) is 2.70. The first-order valence-electron chi connectivity index (χ1n) is 7.13. The number of benzene rings is 1. The Labute approximate surface area is 114 Å². The van der Waals surface area contributed by atoms with Gasteiger partial charge in [-0.3, -0.25) is 0 Å². The number of ether oxygens (including phenoxy) is 3. The second-order valence-corrected chi connectivity index (χ2v) is 5.20. The van der Waals surface area contributed by atoms with E-state index in [-0.39, 0.29) is 0 Å². The largest absolute Gasteiger partial charge is 0.493 e. The van der Waals surface area contributed by atoms with Crippen LogP contribution >= 0.6 is 0 Å². The molecule has 104 valence electrons. The molecule has 1 N–H and O–H groups in total. The van der Waals surface area contributed by atoms with Gasteiger partial charge in [0.1, 0.15) is 5.75 Å². The first kappa shape index (κ1) is 12.6. The summed E-state index contributed by atoms with van der Waals surface area (Å²) in [6.07, 6.45) is 3.94. The van der Waals surface area contributed by atoms with Crippen LogP contribution in [-0.4, -0.2) is 19.9 Å². The molecular formula is C15H21NO3. The van der Waals surface area contributed by atoms with Gasteiger partial charge in [0, 0.05) is 18.2 Å². The average molecular weight is 263 g/mol. The topological polar surface area (TPSA) is 39.7 Å². The van der Waals surface area contributed by atoms with Crippen molar-refractivity contribution in [2.24, 2.45) is 5.92 Å². The van der Waals surface area contributed by atoms with Crippen molar-refractivity contribution in [3.8, 4) is 17.2 Å². The summed E-state index contributed by atoms with van der Waals surface area (Å²) in [5.74, 6) is 3.28. The normalized spacial score (nSPS) is 17.3. The van der Waals surface area contributed by atoms with Gasteiger partial charge in [0.15, 0.2) is 11.5 Å². The van der Waals surface area contributed by atoms with E-state index in [1.807, 2.05) is 12.1 Å². The van der Waals surface area contributed by atoms with Gasteiger partial charge in [0.25, 0.3) is 0 Å². The summed E-state index contributed by atoms with van der Waals surface area (Å²) in [5.41, 5.74) is 1.14. The molecule has 4 heteroatoms. The maximum Gasteiger partial charge on any atom is 0.231 e. The maximum absolute atomic E-state index is 5.99. The number of rotatable bonds is 6. The van der Waals surface area contributed by atoms with Crippen LogP contribution in [0, 0.1) is 5.92 Å². The summed E-state index contributed by atoms with van der Waals surface area (Å²) in [4.78, 5) is 0. The molecule has 0 bridgehead atoms. The first-order valence-corrected chi connectivity index (χ1v) is 7.13. The lowest BCUT2D eigenvalue weighted by Crippen LogP contribution is -2.20. The molecule has 1 aliphatic carbocycles. The summed E-state index contributed by atoms with van der Waals surface area (Å²) < 4.78 is 16.8. The highest BCUT2D eigenvalue weighted by Gasteiger charge is 2.21. The molecule has 1 aliphatic heterocycles. The van der Waals surface area contributed by atoms with Crippen LogP contribution in [0.4, 0.5) is 0 Å². The summed E-state index contributed by atoms with van der Waals surface area (Å²) in [5, 5.41) is 3.34. The highest BCUT2D eigenvalue weighted by atomic mass is 16.7. The Morgan fingerprint density at radius 2 is 2.05 bits per heavy atom. The second kappa shape index (κ2) is 5.70. The van der Waals surface area contributed by atoms with Gasteiger partial charge in [0.05, 0.1) is 6.61 Å². The van der Waals surface area contributed by atoms with Gasteiger partial charge in [-0.1, -0.05) is 13.3 Å². The number of hydrogen-bond acceptors (Lipinski definition) is 4. The van der Waals surface area contributed by atoms with E-state index in [1.54, 1.807) is 0 Å². The Hall–Kier alpha value is -1.42. The fraction of sp³-hybridized carbons (Fsp3) is 0.600. The van der Waals surface area contributed by atoms with E-state index in [9.17, 15) is 0 Å². The van der Waals surface area contributed by atoms with E-state index in [2.05, 4.69) is 12.2 Å². The van der Waals surface area contributed by atoms with Crippen molar-refractivity contribution < 1.29 is 14.2 Å². The Morgan fingerprint density at radius 3 is 2.74 bits per heavy atom. The molecule has 0 unspecified atom stereocenters. The van der Waals surface area contributed by atoms with Gasteiger partial charge in [-0.2, -0.15) is 0 Å². The van der Waals surface area contributed by atoms with Crippen LogP contribution < -0.4 is 19.5 Å². The molecule has 1 fully saturated rings. The Balaban J connectivity index is 1.74. The first-order chi connectivity index (χ1) is 9.36. The maximum atomic E-state index is 5.99. The third kappa shape index (κ3) is 2.78. The SMILES string of the molecule is CCNCc1cc2c(cc1OCC1CCC1)OCO2. The quantitative estimate of drug-likeness (QED) is 0.856. The molecule has 0 amide bonds. The minimum absolute atomic E-state index is 0.308. The summed E-state index contributed by atoms with van der Waals surface area (Å²) >= 11 is 0. The molecule has 1 heterocycles. The lowest BCUT2D eigenvalue weighted by atomic mass is 9.86. The summed E-state index contributed by atoms with van der Waals surface area (Å²) in [6, 6.07) is 3.99. The number of nitrogens with one attached hydrogen (secondary N) is 1. The van der Waals surface area contributed by atoms with Crippen LogP contribution in [0.1, 0.15) is 31.7 Å². The van der Waals surface area contributed by atoms with Gasteiger partial charge in [-0.05, 0) is 31.4 Å². The van der Waals surface area contributed by atoms with Crippen molar-refractivity contribution in [2.45, 2.75) is 32.7 Å². The van der Waals surface area contributed by atoms with Crippen molar-refractivity contribution in [1.82, 2.24) is 5.32 Å². The predicted molar refractivity (Wildman–Crippen MR) is 72.8 cm³/mol. The fourth-order valence-corrected chi connectivity index (χ4v) is 2.36. The van der Waals surface area contributed by atoms with E-state index in [4.69, 9.17) is 14.2 Å². The smallest absolute Gasteiger partial charge is 0.231 e. The van der Waals surface area contributed by atoms with Gasteiger partial charge in [-0.25, -0.2) is 0 Å². The molecule has 1 aromatic rings. The Morgan fingerprint density at radius 1 is 1.26 bits per heavy atom. The minimum Gasteiger partial charge on any atom is -0.493 e. The van der Waals surface area contributed by atoms with E-state index in [1.165, 1.54) is 19.3 Å². The second-order valence-electron chi connectivity index (χ2n) is 5.20. The van der Waals surface area contributed by atoms with Gasteiger partial charge < -0.3 is 19.5 Å². The molecule has 0 aromatic heterocycles. The summed E-state index contributed by atoms with van der Waals surface area (Å²) in [7, 11) is 0. The van der Waals surface area contributed by atoms with Crippen LogP contribution in [0.5, 0.6) is 17.2 Å². The van der Waals surface area contributed by atoms with E-state index in [0.29, 0.717) is 6.79 Å². The van der Waals surface area contributed by atoms with Crippen LogP contribution in [-0.2, 0) is 6.54 Å². The molecule has 3 rings (SSSR count). The highest BCUT2D eigenvalue weighted by Crippen LogP contribution is 2.38. The molecule has 0 radical (unpaired) electrons. The van der Waals surface area contributed by atoms with Crippen molar-refractivity contribution >= 4 is 0 Å². The molecule has 1 aromatic carbocycles. The molecule has 0 spiro atoms. The molecule has 4 nitrogen and oxygen atoms in total. The van der Waals surface area contributed by atoms with Crippen molar-refractivity contribution in [1.29, 1.82) is 0 Å². The molecule has 19 heavy (non-hydrogen) atoms. The zero-order chi connectivity index (χ0) is 13.1. The van der Waals surface area contributed by atoms with E-state index >= 15 is 0 Å². The zero-order valence-corrected chi connectivity index (χ0v) is 11.4. The molecular weight excluding hydrogens is 242 g/mol.